The molecule has 0 spiro atoms. The van der Waals surface area contributed by atoms with Crippen LogP contribution in [0.1, 0.15) is 31.0 Å². The predicted octanol–water partition coefficient (Wildman–Crippen LogP) is 1.62. The number of aryl methyl sites for hydroxylation is 1. The zero-order valence-electron chi connectivity index (χ0n) is 13.4. The summed E-state index contributed by atoms with van der Waals surface area (Å²) in [6, 6.07) is 6.56. The van der Waals surface area contributed by atoms with Crippen LogP contribution in [0, 0.1) is 6.92 Å². The number of nitrogens with two attached hydrogens (primary N) is 1. The summed E-state index contributed by atoms with van der Waals surface area (Å²) in [7, 11) is 1.68. The first-order chi connectivity index (χ1) is 10.1. The monoisotopic (exact) mass is 293 g/mol. The van der Waals surface area contributed by atoms with Crippen LogP contribution in [0.4, 0.5) is 0 Å². The number of rotatable bonds is 5. The molecule has 0 radical (unpaired) electrons. The Balaban J connectivity index is 2.24. The highest BCUT2D eigenvalue weighted by Crippen LogP contribution is 2.30. The first kappa shape index (κ1) is 16.2. The molecule has 21 heavy (non-hydrogen) atoms. The third-order valence-corrected chi connectivity index (χ3v) is 4.13. The van der Waals surface area contributed by atoms with E-state index >= 15 is 0 Å². The third-order valence-electron chi connectivity index (χ3n) is 4.13. The van der Waals surface area contributed by atoms with Crippen molar-refractivity contribution in [3.63, 3.8) is 0 Å². The topological polar surface area (TPSA) is 59.8 Å². The molecule has 1 aliphatic rings. The number of hydrazine groups is 1. The zero-order chi connectivity index (χ0) is 15.4. The van der Waals surface area contributed by atoms with Gasteiger partial charge in [-0.3, -0.25) is 16.2 Å². The average Bonchev–Trinajstić information content (AvgIpc) is 2.48. The van der Waals surface area contributed by atoms with Crippen LogP contribution in [0.5, 0.6) is 5.75 Å². The molecule has 0 saturated carbocycles. The Hall–Kier alpha value is -1.14. The van der Waals surface area contributed by atoms with Crippen molar-refractivity contribution >= 4 is 0 Å². The van der Waals surface area contributed by atoms with E-state index in [0.29, 0.717) is 6.04 Å². The molecule has 0 bridgehead atoms. The second kappa shape index (κ2) is 7.22. The predicted molar refractivity (Wildman–Crippen MR) is 84.2 cm³/mol. The van der Waals surface area contributed by atoms with Crippen molar-refractivity contribution in [3.05, 3.63) is 29.3 Å². The van der Waals surface area contributed by atoms with Crippen molar-refractivity contribution in [2.75, 3.05) is 26.8 Å². The molecule has 1 aromatic rings. The van der Waals surface area contributed by atoms with Gasteiger partial charge < -0.3 is 9.47 Å². The summed E-state index contributed by atoms with van der Waals surface area (Å²) in [5, 5.41) is 0. The van der Waals surface area contributed by atoms with Gasteiger partial charge in [-0.05, 0) is 26.8 Å². The summed E-state index contributed by atoms with van der Waals surface area (Å²) in [6.07, 6.45) is 0.0156. The Morgan fingerprint density at radius 3 is 2.81 bits per heavy atom. The van der Waals surface area contributed by atoms with E-state index in [0.717, 1.165) is 31.0 Å². The normalized spacial score (nSPS) is 21.5. The van der Waals surface area contributed by atoms with Crippen LogP contribution in [0.25, 0.3) is 0 Å². The summed E-state index contributed by atoms with van der Waals surface area (Å²) in [5.41, 5.74) is 5.15. The number of methoxy groups -OCH3 is 1. The van der Waals surface area contributed by atoms with Crippen LogP contribution >= 0.6 is 0 Å². The molecular formula is C16H27N3O2. The number of hydrogen-bond donors (Lipinski definition) is 2. The second-order valence-electron chi connectivity index (χ2n) is 5.89. The number of nitrogens with zero attached hydrogens (tertiary/aromatic N) is 1. The van der Waals surface area contributed by atoms with Crippen LogP contribution in [-0.2, 0) is 4.74 Å². The first-order valence-electron chi connectivity index (χ1n) is 7.53. The molecule has 5 nitrogen and oxygen atoms in total. The van der Waals surface area contributed by atoms with Crippen LogP contribution in [-0.4, -0.2) is 43.9 Å². The van der Waals surface area contributed by atoms with Gasteiger partial charge >= 0.3 is 0 Å². The minimum absolute atomic E-state index is 0.0156. The van der Waals surface area contributed by atoms with E-state index in [-0.39, 0.29) is 12.1 Å². The smallest absolute Gasteiger partial charge is 0.123 e. The molecule has 1 aliphatic heterocycles. The lowest BCUT2D eigenvalue weighted by molar-refractivity contribution is -0.0564. The minimum Gasteiger partial charge on any atom is -0.496 e. The van der Waals surface area contributed by atoms with Gasteiger partial charge in [0.2, 0.25) is 0 Å². The quantitative estimate of drug-likeness (QED) is 0.638. The van der Waals surface area contributed by atoms with Gasteiger partial charge in [0.25, 0.3) is 0 Å². The number of morpholine rings is 1. The van der Waals surface area contributed by atoms with E-state index in [1.165, 1.54) is 5.56 Å². The fourth-order valence-corrected chi connectivity index (χ4v) is 2.86. The molecule has 118 valence electrons. The zero-order valence-corrected chi connectivity index (χ0v) is 13.4. The molecule has 2 atom stereocenters. The van der Waals surface area contributed by atoms with E-state index in [2.05, 4.69) is 37.2 Å². The van der Waals surface area contributed by atoms with E-state index in [1.54, 1.807) is 7.11 Å². The Morgan fingerprint density at radius 1 is 1.43 bits per heavy atom. The maximum absolute atomic E-state index is 5.97. The summed E-state index contributed by atoms with van der Waals surface area (Å²) >= 11 is 0. The molecule has 1 fully saturated rings. The molecule has 1 aromatic carbocycles. The van der Waals surface area contributed by atoms with Crippen LogP contribution in [0.3, 0.4) is 0 Å². The lowest BCUT2D eigenvalue weighted by Gasteiger charge is -2.39. The maximum Gasteiger partial charge on any atom is 0.123 e. The van der Waals surface area contributed by atoms with Crippen LogP contribution < -0.4 is 16.0 Å². The molecule has 1 heterocycles. The molecule has 3 N–H and O–H groups in total. The van der Waals surface area contributed by atoms with Gasteiger partial charge in [0.15, 0.2) is 0 Å². The Labute approximate surface area is 127 Å². The van der Waals surface area contributed by atoms with Gasteiger partial charge in [-0.15, -0.1) is 0 Å². The summed E-state index contributed by atoms with van der Waals surface area (Å²) < 4.78 is 11.4. The Kier molecular flexibility index (Phi) is 5.58. The number of hydrogen-bond acceptors (Lipinski definition) is 5. The Morgan fingerprint density at radius 2 is 2.19 bits per heavy atom. The fourth-order valence-electron chi connectivity index (χ4n) is 2.86. The van der Waals surface area contributed by atoms with E-state index < -0.39 is 0 Å². The minimum atomic E-state index is -0.0820. The average molecular weight is 293 g/mol. The standard InChI is InChI=1S/C16H27N3O2/c1-11(2)19-7-8-21-15(10-19)16(18-17)13-9-12(3)5-6-14(13)20-4/h5-6,9,11,15-16,18H,7-8,10,17H2,1-4H3. The lowest BCUT2D eigenvalue weighted by atomic mass is 9.97. The van der Waals surface area contributed by atoms with Crippen molar-refractivity contribution in [2.45, 2.75) is 39.0 Å². The third kappa shape index (κ3) is 3.74. The second-order valence-corrected chi connectivity index (χ2v) is 5.89. The van der Waals surface area contributed by atoms with E-state index in [4.69, 9.17) is 15.3 Å². The molecular weight excluding hydrogens is 266 g/mol. The van der Waals surface area contributed by atoms with Gasteiger partial charge in [-0.25, -0.2) is 0 Å². The molecule has 5 heteroatoms. The van der Waals surface area contributed by atoms with Crippen molar-refractivity contribution in [1.82, 2.24) is 10.3 Å². The highest BCUT2D eigenvalue weighted by molar-refractivity contribution is 5.39. The molecule has 2 unspecified atom stereocenters. The van der Waals surface area contributed by atoms with Crippen molar-refractivity contribution in [3.8, 4) is 5.75 Å². The van der Waals surface area contributed by atoms with Gasteiger partial charge in [-0.2, -0.15) is 0 Å². The highest BCUT2D eigenvalue weighted by Gasteiger charge is 2.31. The highest BCUT2D eigenvalue weighted by atomic mass is 16.5. The van der Waals surface area contributed by atoms with Crippen molar-refractivity contribution in [1.29, 1.82) is 0 Å². The van der Waals surface area contributed by atoms with Gasteiger partial charge in [0.1, 0.15) is 5.75 Å². The van der Waals surface area contributed by atoms with Gasteiger partial charge in [0.05, 0.1) is 25.9 Å². The van der Waals surface area contributed by atoms with Crippen LogP contribution in [0.2, 0.25) is 0 Å². The molecule has 0 amide bonds. The van der Waals surface area contributed by atoms with Crippen molar-refractivity contribution < 1.29 is 9.47 Å². The van der Waals surface area contributed by atoms with E-state index in [1.807, 2.05) is 12.1 Å². The molecule has 0 aliphatic carbocycles. The summed E-state index contributed by atoms with van der Waals surface area (Å²) in [5.74, 6) is 6.67. The maximum atomic E-state index is 5.97. The van der Waals surface area contributed by atoms with Crippen molar-refractivity contribution in [2.24, 2.45) is 5.84 Å². The number of ether oxygens (including phenoxy) is 2. The lowest BCUT2D eigenvalue weighted by Crippen LogP contribution is -2.51. The number of benzene rings is 1. The first-order valence-corrected chi connectivity index (χ1v) is 7.53. The summed E-state index contributed by atoms with van der Waals surface area (Å²) in [4.78, 5) is 2.42. The molecule has 2 rings (SSSR count). The van der Waals surface area contributed by atoms with Gasteiger partial charge in [0, 0.05) is 24.7 Å². The van der Waals surface area contributed by atoms with Crippen LogP contribution in [0.15, 0.2) is 18.2 Å². The molecule has 0 aromatic heterocycles. The van der Waals surface area contributed by atoms with Gasteiger partial charge in [-0.1, -0.05) is 17.7 Å². The molecule has 1 saturated heterocycles. The fraction of sp³-hybridized carbons (Fsp3) is 0.625. The SMILES string of the molecule is COc1ccc(C)cc1C(NN)C1CN(C(C)C)CCO1. The van der Waals surface area contributed by atoms with E-state index in [9.17, 15) is 0 Å². The summed E-state index contributed by atoms with van der Waals surface area (Å²) in [6.45, 7) is 9.05. The number of nitrogens with one attached hydrogen (secondary N) is 1. The Bertz CT molecular complexity index is 465. The largest absolute Gasteiger partial charge is 0.496 e.